The Kier molecular flexibility index (Phi) is 3.66. The zero-order chi connectivity index (χ0) is 4.12. The van der Waals surface area contributed by atoms with E-state index in [1.54, 1.807) is 0 Å². The predicted octanol–water partition coefficient (Wildman–Crippen LogP) is -0.797. The van der Waals surface area contributed by atoms with Crippen LogP contribution in [0, 0.1) is 0 Å². The molecule has 5 heavy (non-hydrogen) atoms. The van der Waals surface area contributed by atoms with Crippen molar-refractivity contribution in [3.63, 3.8) is 0 Å². The Hall–Kier alpha value is -0.191. The summed E-state index contributed by atoms with van der Waals surface area (Å²) in [7, 11) is 0. The van der Waals surface area contributed by atoms with Gasteiger partial charge in [-0.25, -0.2) is 0 Å². The average Bonchev–Trinajstić information content (AvgIpc) is 1.41. The quantitative estimate of drug-likeness (QED) is 0.562. The zero-order valence-electron chi connectivity index (χ0n) is 2.15. The van der Waals surface area contributed by atoms with Gasteiger partial charge in [0.05, 0.1) is 0 Å². The van der Waals surface area contributed by atoms with Gasteiger partial charge in [-0.3, -0.25) is 0 Å². The zero-order valence-corrected chi connectivity index (χ0v) is 4.54. The van der Waals surface area contributed by atoms with Crippen LogP contribution in [0.1, 0.15) is 0 Å². The van der Waals surface area contributed by atoms with E-state index in [0.29, 0.717) is 0 Å². The molecular formula is C2IrO2+. The van der Waals surface area contributed by atoms with Crippen LogP contribution in [-0.2, 0) is 26.4 Å². The van der Waals surface area contributed by atoms with Crippen molar-refractivity contribution in [3.8, 4) is 0 Å². The van der Waals surface area contributed by atoms with Crippen molar-refractivity contribution in [2.45, 2.75) is 0 Å². The van der Waals surface area contributed by atoms with Gasteiger partial charge in [0.1, 0.15) is 0 Å². The normalized spacial score (nSPS) is 4.80. The molecule has 0 aromatic rings. The van der Waals surface area contributed by atoms with E-state index < -0.39 is 16.8 Å². The molecule has 0 saturated carbocycles. The summed E-state index contributed by atoms with van der Waals surface area (Å²) in [6, 6.07) is 0. The van der Waals surface area contributed by atoms with Crippen LogP contribution in [0.25, 0.3) is 0 Å². The summed E-state index contributed by atoms with van der Waals surface area (Å²) < 4.78 is 2.94. The van der Waals surface area contributed by atoms with E-state index in [1.165, 1.54) is 8.79 Å². The van der Waals surface area contributed by atoms with Crippen LogP contribution in [0.5, 0.6) is 0 Å². The Morgan fingerprint density at radius 3 is 1.60 bits per heavy atom. The minimum atomic E-state index is -1.08. The van der Waals surface area contributed by atoms with Gasteiger partial charge in [-0.2, -0.15) is 0 Å². The van der Waals surface area contributed by atoms with Gasteiger partial charge in [0, 0.05) is 0 Å². The van der Waals surface area contributed by atoms with Gasteiger partial charge in [0.2, 0.25) is 0 Å². The fourth-order valence-electron chi connectivity index (χ4n) is 0.0139. The Labute approximate surface area is 35.8 Å². The van der Waals surface area contributed by atoms with E-state index in [1.807, 2.05) is 0 Å². The molecule has 3 heteroatoms. The summed E-state index contributed by atoms with van der Waals surface area (Å²) in [5.74, 6) is 0. The van der Waals surface area contributed by atoms with E-state index in [9.17, 15) is 0 Å². The molecule has 0 atom stereocenters. The Bertz CT molecular complexity index is 99.6. The molecule has 0 fully saturated rings. The van der Waals surface area contributed by atoms with Crippen molar-refractivity contribution < 1.29 is 26.4 Å². The molecule has 0 aliphatic carbocycles. The molecule has 0 aliphatic rings. The van der Waals surface area contributed by atoms with Crippen LogP contribution in [0.4, 0.5) is 0 Å². The van der Waals surface area contributed by atoms with Crippen LogP contribution >= 0.6 is 0 Å². The molecule has 0 bridgehead atoms. The molecule has 0 saturated heterocycles. The first-order valence-electron chi connectivity index (χ1n) is 0.742. The van der Waals surface area contributed by atoms with Gasteiger partial charge in [-0.15, -0.1) is 0 Å². The van der Waals surface area contributed by atoms with Crippen molar-refractivity contribution >= 4 is 8.79 Å². The first-order chi connectivity index (χ1) is 2.41. The Balaban J connectivity index is 4.38. The number of hydrogen-bond acceptors (Lipinski definition) is 2. The molecule has 0 spiro atoms. The third-order valence-electron chi connectivity index (χ3n) is 0.0680. The van der Waals surface area contributed by atoms with E-state index in [4.69, 9.17) is 9.59 Å². The molecule has 2 nitrogen and oxygen atoms in total. The van der Waals surface area contributed by atoms with E-state index in [0.717, 1.165) is 0 Å². The molecule has 0 heterocycles. The number of rotatable bonds is 0. The first kappa shape index (κ1) is 4.81. The summed E-state index contributed by atoms with van der Waals surface area (Å²) in [6.07, 6.45) is 0. The molecular weight excluding hydrogens is 248 g/mol. The molecule has 28 valence electrons. The van der Waals surface area contributed by atoms with Crippen LogP contribution in [0.3, 0.4) is 0 Å². The Morgan fingerprint density at radius 2 is 1.60 bits per heavy atom. The molecule has 0 amide bonds. The SMILES string of the molecule is O=[C]=[Ir+]=[C]=O. The fourth-order valence-corrected chi connectivity index (χ4v) is 0.114. The van der Waals surface area contributed by atoms with Gasteiger partial charge in [0.25, 0.3) is 0 Å². The second-order valence-electron chi connectivity index (χ2n) is 0.219. The molecule has 0 N–H and O–H groups in total. The third-order valence-corrected chi connectivity index (χ3v) is 0.557. The summed E-state index contributed by atoms with van der Waals surface area (Å²) in [5, 5.41) is 0. The summed E-state index contributed by atoms with van der Waals surface area (Å²) in [6.45, 7) is 0. The van der Waals surface area contributed by atoms with Crippen molar-refractivity contribution in [2.24, 2.45) is 0 Å². The fraction of sp³-hybridized carbons (Fsp3) is 0. The molecule has 0 aliphatic heterocycles. The van der Waals surface area contributed by atoms with Crippen LogP contribution in [0.15, 0.2) is 0 Å². The standard InChI is InChI=1S/2CO.Ir/c2*1-2;/q;;+1. The van der Waals surface area contributed by atoms with Crippen molar-refractivity contribution in [1.82, 2.24) is 0 Å². The first-order valence-corrected chi connectivity index (χ1v) is 3.14. The summed E-state index contributed by atoms with van der Waals surface area (Å²) >= 11 is -1.08. The number of hydrogen-bond donors (Lipinski definition) is 0. The van der Waals surface area contributed by atoms with Gasteiger partial charge in [-0.1, -0.05) is 0 Å². The van der Waals surface area contributed by atoms with Gasteiger partial charge < -0.3 is 0 Å². The maximum absolute atomic E-state index is 9.07. The minimum absolute atomic E-state index is 1.08. The van der Waals surface area contributed by atoms with E-state index in [-0.39, 0.29) is 0 Å². The Morgan fingerprint density at radius 1 is 1.20 bits per heavy atom. The summed E-state index contributed by atoms with van der Waals surface area (Å²) in [5.41, 5.74) is 0. The molecule has 0 unspecified atom stereocenters. The second-order valence-corrected chi connectivity index (χ2v) is 1.80. The molecule has 0 aromatic carbocycles. The monoisotopic (exact) mass is 249 g/mol. The second kappa shape index (κ2) is 3.81. The predicted molar refractivity (Wildman–Crippen MR) is 11.4 cm³/mol. The number of carbonyl (C=O) groups excluding carboxylic acids is 2. The van der Waals surface area contributed by atoms with Gasteiger partial charge >= 0.3 is 35.2 Å². The van der Waals surface area contributed by atoms with Crippen LogP contribution < -0.4 is 0 Å². The topological polar surface area (TPSA) is 34.1 Å². The van der Waals surface area contributed by atoms with E-state index >= 15 is 0 Å². The molecule has 0 rings (SSSR count). The summed E-state index contributed by atoms with van der Waals surface area (Å²) in [4.78, 5) is 18.1. The van der Waals surface area contributed by atoms with E-state index in [2.05, 4.69) is 0 Å². The molecule has 0 aromatic heterocycles. The van der Waals surface area contributed by atoms with Gasteiger partial charge in [-0.05, 0) is 0 Å². The van der Waals surface area contributed by atoms with Gasteiger partial charge in [0.15, 0.2) is 0 Å². The maximum atomic E-state index is 9.07. The third kappa shape index (κ3) is 3.81. The van der Waals surface area contributed by atoms with Crippen LogP contribution in [0.2, 0.25) is 0 Å². The van der Waals surface area contributed by atoms with Crippen molar-refractivity contribution in [3.05, 3.63) is 0 Å². The van der Waals surface area contributed by atoms with Crippen molar-refractivity contribution in [2.75, 3.05) is 0 Å². The van der Waals surface area contributed by atoms with Crippen molar-refractivity contribution in [1.29, 1.82) is 0 Å². The van der Waals surface area contributed by atoms with Crippen LogP contribution in [-0.4, -0.2) is 8.79 Å². The molecule has 0 radical (unpaired) electrons. The average molecular weight is 248 g/mol.